The lowest BCUT2D eigenvalue weighted by Gasteiger charge is -2.25. The van der Waals surface area contributed by atoms with Gasteiger partial charge in [0.05, 0.1) is 11.4 Å². The van der Waals surface area contributed by atoms with Crippen molar-refractivity contribution in [3.63, 3.8) is 0 Å². The van der Waals surface area contributed by atoms with Gasteiger partial charge in [-0.25, -0.2) is 4.68 Å². The Morgan fingerprint density at radius 2 is 2.22 bits per heavy atom. The molecule has 3 rings (SSSR count). The lowest BCUT2D eigenvalue weighted by molar-refractivity contribution is 0.402. The lowest BCUT2D eigenvalue weighted by Crippen LogP contribution is -2.15. The summed E-state index contributed by atoms with van der Waals surface area (Å²) in [4.78, 5) is 0. The summed E-state index contributed by atoms with van der Waals surface area (Å²) in [6.07, 6.45) is 3.40. The lowest BCUT2D eigenvalue weighted by atomic mass is 9.82. The second-order valence-electron chi connectivity index (χ2n) is 4.45. The van der Waals surface area contributed by atoms with Gasteiger partial charge in [-0.1, -0.05) is 29.3 Å². The van der Waals surface area contributed by atoms with Crippen molar-refractivity contribution < 1.29 is 0 Å². The summed E-state index contributed by atoms with van der Waals surface area (Å²) in [5, 5.41) is 17.8. The molecule has 1 heterocycles. The summed E-state index contributed by atoms with van der Waals surface area (Å²) in [6.45, 7) is 0. The fourth-order valence-corrected chi connectivity index (χ4v) is 2.40. The number of halogens is 1. The number of nitrogens with zero attached hydrogens (tertiary/aromatic N) is 4. The molecule has 1 aliphatic rings. The van der Waals surface area contributed by atoms with E-state index >= 15 is 0 Å². The van der Waals surface area contributed by atoms with E-state index in [1.807, 2.05) is 24.3 Å². The molecule has 0 aliphatic heterocycles. The molecule has 0 unspecified atom stereocenters. The summed E-state index contributed by atoms with van der Waals surface area (Å²) in [5.41, 5.74) is 2.21. The summed E-state index contributed by atoms with van der Waals surface area (Å²) in [7, 11) is 0. The summed E-state index contributed by atoms with van der Waals surface area (Å²) in [5.74, 6) is 0.397. The Labute approximate surface area is 110 Å². The third-order valence-electron chi connectivity index (χ3n) is 3.36. The molecule has 4 nitrogen and oxygen atoms in total. The normalized spacial score (nSPS) is 15.1. The van der Waals surface area contributed by atoms with Gasteiger partial charge in [0.25, 0.3) is 0 Å². The molecule has 1 aromatic carbocycles. The fourth-order valence-electron chi connectivity index (χ4n) is 2.22. The van der Waals surface area contributed by atoms with E-state index in [2.05, 4.69) is 16.4 Å². The molecule has 0 bridgehead atoms. The van der Waals surface area contributed by atoms with Crippen molar-refractivity contribution in [3.05, 3.63) is 40.7 Å². The third-order valence-corrected chi connectivity index (χ3v) is 3.59. The molecule has 5 heteroatoms. The van der Waals surface area contributed by atoms with Crippen LogP contribution >= 0.6 is 11.6 Å². The van der Waals surface area contributed by atoms with Gasteiger partial charge < -0.3 is 0 Å². The highest BCUT2D eigenvalue weighted by Gasteiger charge is 2.28. The molecule has 0 saturated heterocycles. The maximum absolute atomic E-state index is 9.11. The van der Waals surface area contributed by atoms with Gasteiger partial charge in [-0.05, 0) is 31.0 Å². The van der Waals surface area contributed by atoms with E-state index in [0.29, 0.717) is 16.6 Å². The Bertz CT molecular complexity index is 622. The van der Waals surface area contributed by atoms with E-state index in [1.54, 1.807) is 4.68 Å². The van der Waals surface area contributed by atoms with Gasteiger partial charge in [0.15, 0.2) is 5.69 Å². The van der Waals surface area contributed by atoms with Gasteiger partial charge in [-0.15, -0.1) is 5.10 Å². The van der Waals surface area contributed by atoms with Gasteiger partial charge in [0.1, 0.15) is 6.07 Å². The average molecular weight is 259 g/mol. The Balaban J connectivity index is 2.12. The number of benzene rings is 1. The standard InChI is InChI=1S/C13H11ClN4/c14-10-5-2-6-11(7-10)18-13(9-3-1-4-9)12(8-15)16-17-18/h2,5-7,9H,1,3-4H2. The number of hydrogen-bond donors (Lipinski definition) is 0. The van der Waals surface area contributed by atoms with E-state index < -0.39 is 0 Å². The first-order chi connectivity index (χ1) is 8.79. The van der Waals surface area contributed by atoms with Crippen LogP contribution in [0.15, 0.2) is 24.3 Å². The minimum atomic E-state index is 0.397. The van der Waals surface area contributed by atoms with Crippen LogP contribution in [-0.4, -0.2) is 15.0 Å². The van der Waals surface area contributed by atoms with Crippen LogP contribution in [0.4, 0.5) is 0 Å². The van der Waals surface area contributed by atoms with Crippen molar-refractivity contribution in [1.29, 1.82) is 5.26 Å². The van der Waals surface area contributed by atoms with E-state index in [0.717, 1.165) is 24.2 Å². The van der Waals surface area contributed by atoms with Crippen molar-refractivity contribution >= 4 is 11.6 Å². The van der Waals surface area contributed by atoms with Crippen LogP contribution < -0.4 is 0 Å². The Morgan fingerprint density at radius 1 is 1.39 bits per heavy atom. The van der Waals surface area contributed by atoms with E-state index in [9.17, 15) is 0 Å². The zero-order valence-corrected chi connectivity index (χ0v) is 10.4. The maximum atomic E-state index is 9.11. The predicted octanol–water partition coefficient (Wildman–Crippen LogP) is 3.06. The molecule has 0 atom stereocenters. The van der Waals surface area contributed by atoms with Crippen LogP contribution in [0.3, 0.4) is 0 Å². The topological polar surface area (TPSA) is 54.5 Å². The third kappa shape index (κ3) is 1.77. The fraction of sp³-hybridized carbons (Fsp3) is 0.308. The minimum absolute atomic E-state index is 0.397. The minimum Gasteiger partial charge on any atom is -0.216 e. The molecule has 2 aromatic rings. The predicted molar refractivity (Wildman–Crippen MR) is 67.7 cm³/mol. The van der Waals surface area contributed by atoms with Crippen molar-refractivity contribution in [2.45, 2.75) is 25.2 Å². The first kappa shape index (κ1) is 11.2. The Kier molecular flexibility index (Phi) is 2.77. The SMILES string of the molecule is N#Cc1nnn(-c2cccc(Cl)c2)c1C1CCC1. The average Bonchev–Trinajstić information content (AvgIpc) is 2.70. The first-order valence-electron chi connectivity index (χ1n) is 5.91. The van der Waals surface area contributed by atoms with Gasteiger partial charge in [-0.2, -0.15) is 5.26 Å². The molecule has 0 amide bonds. The van der Waals surface area contributed by atoms with Crippen molar-refractivity contribution in [2.24, 2.45) is 0 Å². The van der Waals surface area contributed by atoms with Gasteiger partial charge in [-0.3, -0.25) is 0 Å². The molecule has 0 N–H and O–H groups in total. The van der Waals surface area contributed by atoms with Crippen LogP contribution in [-0.2, 0) is 0 Å². The molecule has 0 spiro atoms. The van der Waals surface area contributed by atoms with Gasteiger partial charge in [0, 0.05) is 10.9 Å². The Morgan fingerprint density at radius 3 is 2.83 bits per heavy atom. The molecule has 1 saturated carbocycles. The molecule has 1 aliphatic carbocycles. The van der Waals surface area contributed by atoms with Crippen LogP contribution in [0.1, 0.15) is 36.6 Å². The highest BCUT2D eigenvalue weighted by Crippen LogP contribution is 2.38. The Hall–Kier alpha value is -1.86. The van der Waals surface area contributed by atoms with Crippen LogP contribution in [0.2, 0.25) is 5.02 Å². The molecule has 90 valence electrons. The van der Waals surface area contributed by atoms with E-state index in [1.165, 1.54) is 6.42 Å². The summed E-state index contributed by atoms with van der Waals surface area (Å²) >= 11 is 5.99. The molecule has 1 fully saturated rings. The zero-order chi connectivity index (χ0) is 12.5. The van der Waals surface area contributed by atoms with Crippen LogP contribution in [0, 0.1) is 11.3 Å². The van der Waals surface area contributed by atoms with Gasteiger partial charge in [0.2, 0.25) is 0 Å². The molecular weight excluding hydrogens is 248 g/mol. The maximum Gasteiger partial charge on any atom is 0.186 e. The monoisotopic (exact) mass is 258 g/mol. The second-order valence-corrected chi connectivity index (χ2v) is 4.89. The van der Waals surface area contributed by atoms with Crippen LogP contribution in [0.25, 0.3) is 5.69 Å². The molecular formula is C13H11ClN4. The highest BCUT2D eigenvalue weighted by atomic mass is 35.5. The largest absolute Gasteiger partial charge is 0.216 e. The molecule has 18 heavy (non-hydrogen) atoms. The quantitative estimate of drug-likeness (QED) is 0.832. The molecule has 0 radical (unpaired) electrons. The number of rotatable bonds is 2. The summed E-state index contributed by atoms with van der Waals surface area (Å²) in [6, 6.07) is 9.56. The highest BCUT2D eigenvalue weighted by molar-refractivity contribution is 6.30. The number of nitriles is 1. The van der Waals surface area contributed by atoms with Crippen molar-refractivity contribution in [1.82, 2.24) is 15.0 Å². The second kappa shape index (κ2) is 4.43. The first-order valence-corrected chi connectivity index (χ1v) is 6.29. The number of hydrogen-bond acceptors (Lipinski definition) is 3. The molecule has 1 aromatic heterocycles. The van der Waals surface area contributed by atoms with Gasteiger partial charge >= 0.3 is 0 Å². The zero-order valence-electron chi connectivity index (χ0n) is 9.67. The van der Waals surface area contributed by atoms with Crippen LogP contribution in [0.5, 0.6) is 0 Å². The van der Waals surface area contributed by atoms with Crippen molar-refractivity contribution in [2.75, 3.05) is 0 Å². The van der Waals surface area contributed by atoms with E-state index in [-0.39, 0.29) is 0 Å². The number of aromatic nitrogens is 3. The van der Waals surface area contributed by atoms with Crippen molar-refractivity contribution in [3.8, 4) is 11.8 Å². The summed E-state index contributed by atoms with van der Waals surface area (Å²) < 4.78 is 1.74. The smallest absolute Gasteiger partial charge is 0.186 e. The van der Waals surface area contributed by atoms with E-state index in [4.69, 9.17) is 16.9 Å².